The molecule has 2 rings (SSSR count). The maximum absolute atomic E-state index is 12.4. The lowest BCUT2D eigenvalue weighted by atomic mass is 10.0. The molecule has 2 aromatic carbocycles. The third-order valence-corrected chi connectivity index (χ3v) is 4.10. The van der Waals surface area contributed by atoms with E-state index in [2.05, 4.69) is 5.32 Å². The highest BCUT2D eigenvalue weighted by atomic mass is 35.5. The van der Waals surface area contributed by atoms with Gasteiger partial charge in [-0.1, -0.05) is 55.8 Å². The van der Waals surface area contributed by atoms with E-state index in [0.717, 1.165) is 0 Å². The first-order chi connectivity index (χ1) is 12.9. The van der Waals surface area contributed by atoms with Gasteiger partial charge in [-0.15, -0.1) is 0 Å². The molecule has 0 saturated carbocycles. The first-order valence-corrected chi connectivity index (χ1v) is 9.06. The molecule has 0 aromatic heterocycles. The quantitative estimate of drug-likeness (QED) is 0.550. The number of benzene rings is 2. The van der Waals surface area contributed by atoms with Gasteiger partial charge in [0.2, 0.25) is 0 Å². The summed E-state index contributed by atoms with van der Waals surface area (Å²) in [5.41, 5.74) is 0.859. The molecule has 0 radical (unpaired) electrons. The van der Waals surface area contributed by atoms with Crippen molar-refractivity contribution in [3.8, 4) is 0 Å². The number of rotatable bonds is 8. The van der Waals surface area contributed by atoms with Crippen LogP contribution < -0.4 is 5.32 Å². The van der Waals surface area contributed by atoms with E-state index in [4.69, 9.17) is 16.3 Å². The molecule has 0 aliphatic rings. The van der Waals surface area contributed by atoms with Crippen molar-refractivity contribution in [1.29, 1.82) is 0 Å². The van der Waals surface area contributed by atoms with E-state index in [1.165, 1.54) is 0 Å². The van der Waals surface area contributed by atoms with Crippen LogP contribution in [0.5, 0.6) is 0 Å². The third-order valence-electron chi connectivity index (χ3n) is 3.84. The predicted molar refractivity (Wildman–Crippen MR) is 104 cm³/mol. The Bertz CT molecular complexity index is 788. The van der Waals surface area contributed by atoms with Crippen LogP contribution in [0, 0.1) is 5.92 Å². The SMILES string of the molecule is CC(C)C[C@@H](NC(=O)c1ccc(Cl)cc1)C(=O)OCC(=O)c1ccccc1. The summed E-state index contributed by atoms with van der Waals surface area (Å²) < 4.78 is 5.15. The summed E-state index contributed by atoms with van der Waals surface area (Å²) in [5, 5.41) is 3.20. The molecule has 0 aliphatic carbocycles. The molecule has 1 atom stereocenters. The molecule has 142 valence electrons. The van der Waals surface area contributed by atoms with Crippen LogP contribution in [0.1, 0.15) is 41.0 Å². The van der Waals surface area contributed by atoms with Gasteiger partial charge in [-0.05, 0) is 36.6 Å². The van der Waals surface area contributed by atoms with E-state index >= 15 is 0 Å². The largest absolute Gasteiger partial charge is 0.456 e. The summed E-state index contributed by atoms with van der Waals surface area (Å²) in [6.45, 7) is 3.50. The second-order valence-electron chi connectivity index (χ2n) is 6.56. The second-order valence-corrected chi connectivity index (χ2v) is 7.00. The number of ketones is 1. The van der Waals surface area contributed by atoms with Gasteiger partial charge in [-0.25, -0.2) is 4.79 Å². The predicted octanol–water partition coefficient (Wildman–Crippen LogP) is 3.91. The molecule has 2 aromatic rings. The van der Waals surface area contributed by atoms with Gasteiger partial charge in [0.1, 0.15) is 6.04 Å². The average molecular weight is 388 g/mol. The molecule has 6 heteroatoms. The van der Waals surface area contributed by atoms with Gasteiger partial charge in [0.05, 0.1) is 0 Å². The van der Waals surface area contributed by atoms with E-state index in [9.17, 15) is 14.4 Å². The maximum Gasteiger partial charge on any atom is 0.329 e. The lowest BCUT2D eigenvalue weighted by Crippen LogP contribution is -2.43. The Hall–Kier alpha value is -2.66. The number of hydrogen-bond acceptors (Lipinski definition) is 4. The molecule has 1 amide bonds. The van der Waals surface area contributed by atoms with Crippen molar-refractivity contribution in [2.75, 3.05) is 6.61 Å². The zero-order chi connectivity index (χ0) is 19.8. The summed E-state index contributed by atoms with van der Waals surface area (Å²) in [5.74, 6) is -1.17. The van der Waals surface area contributed by atoms with Gasteiger partial charge >= 0.3 is 5.97 Å². The first kappa shape index (κ1) is 20.6. The van der Waals surface area contributed by atoms with E-state index in [-0.39, 0.29) is 18.3 Å². The highest BCUT2D eigenvalue weighted by molar-refractivity contribution is 6.30. The zero-order valence-corrected chi connectivity index (χ0v) is 16.0. The molecule has 27 heavy (non-hydrogen) atoms. The fraction of sp³-hybridized carbons (Fsp3) is 0.286. The van der Waals surface area contributed by atoms with Crippen LogP contribution in [-0.2, 0) is 9.53 Å². The molecule has 0 spiro atoms. The molecule has 5 nitrogen and oxygen atoms in total. The van der Waals surface area contributed by atoms with Crippen molar-refractivity contribution < 1.29 is 19.1 Å². The third kappa shape index (κ3) is 6.53. The standard InChI is InChI=1S/C21H22ClNO4/c1-14(2)12-18(23-20(25)16-8-10-17(22)11-9-16)21(26)27-13-19(24)15-6-4-3-5-7-15/h3-11,14,18H,12-13H2,1-2H3,(H,23,25)/t18-/m1/s1. The maximum atomic E-state index is 12.4. The molecule has 0 bridgehead atoms. The van der Waals surface area contributed by atoms with Gasteiger partial charge in [0, 0.05) is 16.1 Å². The highest BCUT2D eigenvalue weighted by Gasteiger charge is 2.24. The van der Waals surface area contributed by atoms with E-state index in [1.807, 2.05) is 13.8 Å². The van der Waals surface area contributed by atoms with Gasteiger partial charge < -0.3 is 10.1 Å². The Morgan fingerprint density at radius 2 is 1.59 bits per heavy atom. The summed E-state index contributed by atoms with van der Waals surface area (Å²) in [6.07, 6.45) is 0.400. The Kier molecular flexibility index (Phi) is 7.55. The van der Waals surface area contributed by atoms with Gasteiger partial charge in [-0.2, -0.15) is 0 Å². The Morgan fingerprint density at radius 3 is 2.19 bits per heavy atom. The summed E-state index contributed by atoms with van der Waals surface area (Å²) >= 11 is 5.83. The molecule has 1 N–H and O–H groups in total. The molecule has 0 unspecified atom stereocenters. The van der Waals surface area contributed by atoms with Crippen molar-refractivity contribution in [3.05, 3.63) is 70.7 Å². The Morgan fingerprint density at radius 1 is 0.963 bits per heavy atom. The molecular formula is C21H22ClNO4. The van der Waals surface area contributed by atoms with Crippen LogP contribution >= 0.6 is 11.6 Å². The summed E-state index contributed by atoms with van der Waals surface area (Å²) in [4.78, 5) is 36.9. The second kappa shape index (κ2) is 9.88. The smallest absolute Gasteiger partial charge is 0.329 e. The number of carbonyl (C=O) groups excluding carboxylic acids is 3. The van der Waals surface area contributed by atoms with Crippen molar-refractivity contribution in [2.45, 2.75) is 26.3 Å². The van der Waals surface area contributed by atoms with Gasteiger partial charge in [0.15, 0.2) is 12.4 Å². The topological polar surface area (TPSA) is 72.5 Å². The minimum Gasteiger partial charge on any atom is -0.456 e. The zero-order valence-electron chi connectivity index (χ0n) is 15.3. The van der Waals surface area contributed by atoms with Crippen molar-refractivity contribution in [2.24, 2.45) is 5.92 Å². The summed E-state index contributed by atoms with van der Waals surface area (Å²) in [7, 11) is 0. The van der Waals surface area contributed by atoms with Crippen LogP contribution in [0.15, 0.2) is 54.6 Å². The minimum absolute atomic E-state index is 0.151. The summed E-state index contributed by atoms with van der Waals surface area (Å²) in [6, 6.07) is 14.1. The lowest BCUT2D eigenvalue weighted by Gasteiger charge is -2.19. The number of hydrogen-bond donors (Lipinski definition) is 1. The molecular weight excluding hydrogens is 366 g/mol. The Labute approximate surface area is 163 Å². The van der Waals surface area contributed by atoms with Crippen LogP contribution in [0.25, 0.3) is 0 Å². The van der Waals surface area contributed by atoms with Crippen molar-refractivity contribution >= 4 is 29.3 Å². The molecule has 0 heterocycles. The molecule has 0 saturated heterocycles. The fourth-order valence-corrected chi connectivity index (χ4v) is 2.60. The number of ether oxygens (including phenoxy) is 1. The number of Topliss-reactive ketones (excluding diaryl/α,β-unsaturated/α-hetero) is 1. The highest BCUT2D eigenvalue weighted by Crippen LogP contribution is 2.12. The van der Waals surface area contributed by atoms with E-state index < -0.39 is 17.9 Å². The Balaban J connectivity index is 1.99. The van der Waals surface area contributed by atoms with E-state index in [0.29, 0.717) is 22.6 Å². The minimum atomic E-state index is -0.836. The van der Waals surface area contributed by atoms with Crippen LogP contribution in [0.2, 0.25) is 5.02 Å². The van der Waals surface area contributed by atoms with Gasteiger partial charge in [-0.3, -0.25) is 9.59 Å². The van der Waals surface area contributed by atoms with Crippen molar-refractivity contribution in [3.63, 3.8) is 0 Å². The van der Waals surface area contributed by atoms with Crippen LogP contribution in [-0.4, -0.2) is 30.3 Å². The number of carbonyl (C=O) groups is 3. The monoisotopic (exact) mass is 387 g/mol. The normalized spacial score (nSPS) is 11.7. The average Bonchev–Trinajstić information content (AvgIpc) is 2.66. The van der Waals surface area contributed by atoms with E-state index in [1.54, 1.807) is 54.6 Å². The van der Waals surface area contributed by atoms with Gasteiger partial charge in [0.25, 0.3) is 5.91 Å². The van der Waals surface area contributed by atoms with Crippen LogP contribution in [0.4, 0.5) is 0 Å². The number of halogens is 1. The van der Waals surface area contributed by atoms with Crippen LogP contribution in [0.3, 0.4) is 0 Å². The lowest BCUT2D eigenvalue weighted by molar-refractivity contribution is -0.145. The number of nitrogens with one attached hydrogen (secondary N) is 1. The fourth-order valence-electron chi connectivity index (χ4n) is 2.47. The number of amides is 1. The van der Waals surface area contributed by atoms with Crippen molar-refractivity contribution in [1.82, 2.24) is 5.32 Å². The number of esters is 1. The molecule has 0 aliphatic heterocycles. The molecule has 0 fully saturated rings. The first-order valence-electron chi connectivity index (χ1n) is 8.68.